The van der Waals surface area contributed by atoms with Crippen LogP contribution in [0.4, 0.5) is 0 Å². The van der Waals surface area contributed by atoms with Gasteiger partial charge in [0.25, 0.3) is 0 Å². The maximum Gasteiger partial charge on any atom is 0.109 e. The lowest BCUT2D eigenvalue weighted by Crippen LogP contribution is -1.90. The van der Waals surface area contributed by atoms with Crippen molar-refractivity contribution in [1.82, 2.24) is 4.98 Å². The zero-order chi connectivity index (χ0) is 17.2. The highest BCUT2D eigenvalue weighted by Crippen LogP contribution is 2.39. The SMILES string of the molecule is Clc1ccc(-c2cc3ccccc3nc2Sc2ccccc2Cl)cc1. The van der Waals surface area contributed by atoms with Crippen LogP contribution in [-0.4, -0.2) is 4.98 Å². The third-order valence-electron chi connectivity index (χ3n) is 3.89. The lowest BCUT2D eigenvalue weighted by Gasteiger charge is -2.12. The van der Waals surface area contributed by atoms with Gasteiger partial charge in [0.05, 0.1) is 10.5 Å². The standard InChI is InChI=1S/C21H13Cl2NS/c22-16-11-9-14(10-12-16)17-13-15-5-1-3-7-19(15)24-21(17)25-20-8-4-2-6-18(20)23/h1-13H. The molecule has 3 aromatic carbocycles. The zero-order valence-corrected chi connectivity index (χ0v) is 15.4. The van der Waals surface area contributed by atoms with E-state index in [2.05, 4.69) is 12.1 Å². The third-order valence-corrected chi connectivity index (χ3v) is 5.66. The Morgan fingerprint density at radius 1 is 0.760 bits per heavy atom. The molecule has 0 unspecified atom stereocenters. The Kier molecular flexibility index (Phi) is 4.67. The summed E-state index contributed by atoms with van der Waals surface area (Å²) in [5.74, 6) is 0. The highest BCUT2D eigenvalue weighted by molar-refractivity contribution is 7.99. The van der Waals surface area contributed by atoms with Crippen molar-refractivity contribution < 1.29 is 0 Å². The minimum atomic E-state index is 0.720. The number of para-hydroxylation sites is 1. The number of fused-ring (bicyclic) bond motifs is 1. The smallest absolute Gasteiger partial charge is 0.109 e. The van der Waals surface area contributed by atoms with Crippen LogP contribution in [0.2, 0.25) is 10.0 Å². The molecule has 0 saturated heterocycles. The van der Waals surface area contributed by atoms with Gasteiger partial charge >= 0.3 is 0 Å². The Balaban J connectivity index is 1.89. The summed E-state index contributed by atoms with van der Waals surface area (Å²) >= 11 is 14.0. The summed E-state index contributed by atoms with van der Waals surface area (Å²) in [4.78, 5) is 5.87. The van der Waals surface area contributed by atoms with Crippen LogP contribution in [-0.2, 0) is 0 Å². The molecular formula is C21H13Cl2NS. The van der Waals surface area contributed by atoms with Gasteiger partial charge in [-0.3, -0.25) is 0 Å². The summed E-state index contributed by atoms with van der Waals surface area (Å²) in [6.45, 7) is 0. The van der Waals surface area contributed by atoms with E-state index in [-0.39, 0.29) is 0 Å². The highest BCUT2D eigenvalue weighted by atomic mass is 35.5. The molecule has 0 atom stereocenters. The van der Waals surface area contributed by atoms with Crippen LogP contribution in [0.1, 0.15) is 0 Å². The molecule has 122 valence electrons. The van der Waals surface area contributed by atoms with Gasteiger partial charge in [0, 0.05) is 20.9 Å². The molecule has 0 bridgehead atoms. The highest BCUT2D eigenvalue weighted by Gasteiger charge is 2.12. The number of hydrogen-bond acceptors (Lipinski definition) is 2. The third kappa shape index (κ3) is 3.52. The Bertz CT molecular complexity index is 1050. The van der Waals surface area contributed by atoms with Crippen LogP contribution in [0, 0.1) is 0 Å². The van der Waals surface area contributed by atoms with Crippen molar-refractivity contribution in [2.75, 3.05) is 0 Å². The lowest BCUT2D eigenvalue weighted by atomic mass is 10.1. The van der Waals surface area contributed by atoms with Gasteiger partial charge in [-0.15, -0.1) is 0 Å². The van der Waals surface area contributed by atoms with Crippen molar-refractivity contribution in [2.45, 2.75) is 9.92 Å². The molecule has 0 saturated carbocycles. The zero-order valence-electron chi connectivity index (χ0n) is 13.1. The minimum absolute atomic E-state index is 0.720. The molecule has 4 aromatic rings. The van der Waals surface area contributed by atoms with Crippen molar-refractivity contribution >= 4 is 45.9 Å². The van der Waals surface area contributed by atoms with E-state index in [1.165, 1.54) is 0 Å². The molecule has 0 spiro atoms. The molecule has 1 nitrogen and oxygen atoms in total. The first kappa shape index (κ1) is 16.5. The van der Waals surface area contributed by atoms with E-state index in [4.69, 9.17) is 28.2 Å². The molecule has 4 heteroatoms. The van der Waals surface area contributed by atoms with Gasteiger partial charge in [-0.05, 0) is 42.0 Å². The molecule has 1 heterocycles. The second-order valence-electron chi connectivity index (χ2n) is 5.57. The average molecular weight is 382 g/mol. The average Bonchev–Trinajstić information content (AvgIpc) is 2.64. The van der Waals surface area contributed by atoms with Crippen LogP contribution in [0.3, 0.4) is 0 Å². The second-order valence-corrected chi connectivity index (χ2v) is 7.45. The topological polar surface area (TPSA) is 12.9 Å². The second kappa shape index (κ2) is 7.09. The molecule has 0 N–H and O–H groups in total. The van der Waals surface area contributed by atoms with Gasteiger partial charge in [-0.1, -0.05) is 77.4 Å². The number of pyridine rings is 1. The monoisotopic (exact) mass is 381 g/mol. The lowest BCUT2D eigenvalue weighted by molar-refractivity contribution is 1.19. The number of benzene rings is 3. The van der Waals surface area contributed by atoms with Gasteiger partial charge in [0.1, 0.15) is 5.03 Å². The van der Waals surface area contributed by atoms with E-state index in [0.717, 1.165) is 42.0 Å². The van der Waals surface area contributed by atoms with Crippen molar-refractivity contribution in [3.8, 4) is 11.1 Å². The van der Waals surface area contributed by atoms with Gasteiger partial charge in [0.15, 0.2) is 0 Å². The van der Waals surface area contributed by atoms with E-state index in [0.29, 0.717) is 0 Å². The maximum atomic E-state index is 6.35. The van der Waals surface area contributed by atoms with Gasteiger partial charge in [-0.25, -0.2) is 4.98 Å². The first-order valence-electron chi connectivity index (χ1n) is 7.79. The van der Waals surface area contributed by atoms with E-state index in [1.807, 2.05) is 66.7 Å². The van der Waals surface area contributed by atoms with E-state index >= 15 is 0 Å². The molecule has 0 aliphatic carbocycles. The van der Waals surface area contributed by atoms with Crippen LogP contribution in [0.5, 0.6) is 0 Å². The molecule has 25 heavy (non-hydrogen) atoms. The van der Waals surface area contributed by atoms with Crippen molar-refractivity contribution in [1.29, 1.82) is 0 Å². The molecule has 1 aromatic heterocycles. The Labute approximate surface area is 160 Å². The fourth-order valence-electron chi connectivity index (χ4n) is 2.64. The van der Waals surface area contributed by atoms with Gasteiger partial charge in [0.2, 0.25) is 0 Å². The van der Waals surface area contributed by atoms with Crippen molar-refractivity contribution in [2.24, 2.45) is 0 Å². The number of aromatic nitrogens is 1. The molecule has 0 amide bonds. The number of rotatable bonds is 3. The molecular weight excluding hydrogens is 369 g/mol. The van der Waals surface area contributed by atoms with Crippen molar-refractivity contribution in [3.63, 3.8) is 0 Å². The summed E-state index contributed by atoms with van der Waals surface area (Å²) in [6, 6.07) is 26.0. The summed E-state index contributed by atoms with van der Waals surface area (Å²) in [5, 5.41) is 3.48. The van der Waals surface area contributed by atoms with Crippen LogP contribution < -0.4 is 0 Å². The predicted molar refractivity (Wildman–Crippen MR) is 108 cm³/mol. The normalized spacial score (nSPS) is 11.0. The summed E-state index contributed by atoms with van der Waals surface area (Å²) in [7, 11) is 0. The summed E-state index contributed by atoms with van der Waals surface area (Å²) < 4.78 is 0. The number of nitrogens with zero attached hydrogens (tertiary/aromatic N) is 1. The largest absolute Gasteiger partial charge is 0.240 e. The number of halogens is 2. The number of hydrogen-bond donors (Lipinski definition) is 0. The first-order valence-corrected chi connectivity index (χ1v) is 9.36. The molecule has 0 aliphatic rings. The quantitative estimate of drug-likeness (QED) is 0.367. The molecule has 0 radical (unpaired) electrons. The molecule has 0 aliphatic heterocycles. The Morgan fingerprint density at radius 3 is 2.28 bits per heavy atom. The maximum absolute atomic E-state index is 6.35. The summed E-state index contributed by atoms with van der Waals surface area (Å²) in [5.41, 5.74) is 3.12. The first-order chi connectivity index (χ1) is 12.2. The minimum Gasteiger partial charge on any atom is -0.240 e. The van der Waals surface area contributed by atoms with Gasteiger partial charge in [-0.2, -0.15) is 0 Å². The molecule has 0 fully saturated rings. The van der Waals surface area contributed by atoms with Crippen LogP contribution in [0.15, 0.2) is 88.8 Å². The summed E-state index contributed by atoms with van der Waals surface area (Å²) in [6.07, 6.45) is 0. The molecule has 4 rings (SSSR count). The fraction of sp³-hybridized carbons (Fsp3) is 0. The van der Waals surface area contributed by atoms with E-state index in [1.54, 1.807) is 11.8 Å². The van der Waals surface area contributed by atoms with E-state index in [9.17, 15) is 0 Å². The fourth-order valence-corrected chi connectivity index (χ4v) is 3.97. The Morgan fingerprint density at radius 2 is 1.48 bits per heavy atom. The van der Waals surface area contributed by atoms with Crippen molar-refractivity contribution in [3.05, 3.63) is 88.9 Å². The van der Waals surface area contributed by atoms with Gasteiger partial charge < -0.3 is 0 Å². The van der Waals surface area contributed by atoms with Crippen LogP contribution >= 0.6 is 35.0 Å². The van der Waals surface area contributed by atoms with E-state index < -0.39 is 0 Å². The predicted octanol–water partition coefficient (Wildman–Crippen LogP) is 7.36. The Hall–Kier alpha value is -2.00. The van der Waals surface area contributed by atoms with Crippen LogP contribution in [0.25, 0.3) is 22.0 Å².